The van der Waals surface area contributed by atoms with E-state index in [2.05, 4.69) is 10.1 Å². The van der Waals surface area contributed by atoms with Crippen LogP contribution in [0.5, 0.6) is 0 Å². The quantitative estimate of drug-likeness (QED) is 0.908. The summed E-state index contributed by atoms with van der Waals surface area (Å²) in [6, 6.07) is -0.101. The van der Waals surface area contributed by atoms with Crippen LogP contribution in [0.25, 0.3) is 0 Å². The summed E-state index contributed by atoms with van der Waals surface area (Å²) in [5.41, 5.74) is 5.97. The highest BCUT2D eigenvalue weighted by Gasteiger charge is 2.40. The standard InChI is InChI=1S/C14H24N4O/c1-11(15)13-16-10-18(17-13)9-12-5-8-14(19-12)6-3-2-4-7-14/h10-12H,2-9,15H2,1H3. The van der Waals surface area contributed by atoms with E-state index in [4.69, 9.17) is 10.5 Å². The van der Waals surface area contributed by atoms with Gasteiger partial charge in [0.1, 0.15) is 6.33 Å². The van der Waals surface area contributed by atoms with Gasteiger partial charge in [-0.05, 0) is 32.6 Å². The minimum Gasteiger partial charge on any atom is -0.370 e. The van der Waals surface area contributed by atoms with Gasteiger partial charge in [-0.1, -0.05) is 19.3 Å². The van der Waals surface area contributed by atoms with Crippen molar-refractivity contribution in [1.82, 2.24) is 14.8 Å². The molecule has 1 aliphatic heterocycles. The maximum Gasteiger partial charge on any atom is 0.166 e. The van der Waals surface area contributed by atoms with Crippen LogP contribution in [0.2, 0.25) is 0 Å². The Morgan fingerprint density at radius 3 is 2.89 bits per heavy atom. The molecule has 1 aromatic rings. The van der Waals surface area contributed by atoms with Crippen molar-refractivity contribution in [2.24, 2.45) is 5.73 Å². The maximum absolute atomic E-state index is 6.34. The number of nitrogens with two attached hydrogens (primary N) is 1. The van der Waals surface area contributed by atoms with Crippen LogP contribution in [0, 0.1) is 0 Å². The Morgan fingerprint density at radius 1 is 1.42 bits per heavy atom. The third-order valence-corrected chi connectivity index (χ3v) is 4.46. The molecule has 2 aliphatic rings. The minimum absolute atomic E-state index is 0.101. The molecular weight excluding hydrogens is 240 g/mol. The fourth-order valence-corrected chi connectivity index (χ4v) is 3.40. The van der Waals surface area contributed by atoms with Gasteiger partial charge < -0.3 is 10.5 Å². The van der Waals surface area contributed by atoms with E-state index in [1.165, 1.54) is 38.5 Å². The van der Waals surface area contributed by atoms with Crippen LogP contribution in [0.4, 0.5) is 0 Å². The summed E-state index contributed by atoms with van der Waals surface area (Å²) in [7, 11) is 0. The van der Waals surface area contributed by atoms with Crippen molar-refractivity contribution >= 4 is 0 Å². The Kier molecular flexibility index (Phi) is 3.58. The van der Waals surface area contributed by atoms with E-state index in [1.54, 1.807) is 6.33 Å². The smallest absolute Gasteiger partial charge is 0.166 e. The van der Waals surface area contributed by atoms with Crippen molar-refractivity contribution in [3.8, 4) is 0 Å². The number of nitrogens with zero attached hydrogens (tertiary/aromatic N) is 3. The Bertz CT molecular complexity index is 423. The summed E-state index contributed by atoms with van der Waals surface area (Å²) in [5.74, 6) is 0.713. The molecule has 2 atom stereocenters. The largest absolute Gasteiger partial charge is 0.370 e. The molecule has 1 aliphatic carbocycles. The molecule has 5 heteroatoms. The molecule has 1 aromatic heterocycles. The lowest BCUT2D eigenvalue weighted by atomic mass is 9.83. The van der Waals surface area contributed by atoms with E-state index in [0.717, 1.165) is 13.0 Å². The normalized spacial score (nSPS) is 27.8. The molecule has 2 heterocycles. The molecule has 1 saturated heterocycles. The molecule has 3 rings (SSSR count). The fraction of sp³-hybridized carbons (Fsp3) is 0.857. The fourth-order valence-electron chi connectivity index (χ4n) is 3.40. The van der Waals surface area contributed by atoms with E-state index < -0.39 is 0 Å². The third-order valence-electron chi connectivity index (χ3n) is 4.46. The van der Waals surface area contributed by atoms with Gasteiger partial charge in [-0.2, -0.15) is 5.10 Å². The molecule has 1 spiro atoms. The summed E-state index contributed by atoms with van der Waals surface area (Å²) >= 11 is 0. The van der Waals surface area contributed by atoms with E-state index in [1.807, 2.05) is 11.6 Å². The molecule has 106 valence electrons. The second kappa shape index (κ2) is 5.21. The second-order valence-corrected chi connectivity index (χ2v) is 6.14. The van der Waals surface area contributed by atoms with Gasteiger partial charge in [0.15, 0.2) is 5.82 Å². The number of aromatic nitrogens is 3. The van der Waals surface area contributed by atoms with Crippen LogP contribution in [0.1, 0.15) is 63.7 Å². The van der Waals surface area contributed by atoms with E-state index in [9.17, 15) is 0 Å². The summed E-state index contributed by atoms with van der Waals surface area (Å²) in [4.78, 5) is 4.23. The lowest BCUT2D eigenvalue weighted by molar-refractivity contribution is -0.0689. The van der Waals surface area contributed by atoms with E-state index >= 15 is 0 Å². The van der Waals surface area contributed by atoms with Crippen molar-refractivity contribution in [3.05, 3.63) is 12.2 Å². The zero-order valence-corrected chi connectivity index (χ0v) is 11.7. The molecule has 2 N–H and O–H groups in total. The van der Waals surface area contributed by atoms with Gasteiger partial charge in [-0.3, -0.25) is 4.68 Å². The Labute approximate surface area is 114 Å². The zero-order valence-electron chi connectivity index (χ0n) is 11.7. The minimum atomic E-state index is -0.101. The highest BCUT2D eigenvalue weighted by atomic mass is 16.5. The third kappa shape index (κ3) is 2.82. The van der Waals surface area contributed by atoms with Crippen LogP contribution in [-0.2, 0) is 11.3 Å². The second-order valence-electron chi connectivity index (χ2n) is 6.14. The first-order valence-corrected chi connectivity index (χ1v) is 7.50. The van der Waals surface area contributed by atoms with Crippen molar-refractivity contribution in [1.29, 1.82) is 0 Å². The van der Waals surface area contributed by atoms with E-state index in [0.29, 0.717) is 11.9 Å². The number of hydrogen-bond acceptors (Lipinski definition) is 4. The number of hydrogen-bond donors (Lipinski definition) is 1. The number of ether oxygens (including phenoxy) is 1. The molecule has 19 heavy (non-hydrogen) atoms. The zero-order chi connectivity index (χ0) is 13.3. The van der Waals surface area contributed by atoms with Gasteiger partial charge in [-0.15, -0.1) is 0 Å². The van der Waals surface area contributed by atoms with Gasteiger partial charge in [0, 0.05) is 0 Å². The molecule has 0 amide bonds. The lowest BCUT2D eigenvalue weighted by Crippen LogP contribution is -2.32. The first-order valence-electron chi connectivity index (χ1n) is 7.50. The maximum atomic E-state index is 6.34. The summed E-state index contributed by atoms with van der Waals surface area (Å²) < 4.78 is 8.22. The van der Waals surface area contributed by atoms with Crippen LogP contribution in [0.3, 0.4) is 0 Å². The van der Waals surface area contributed by atoms with Crippen molar-refractivity contribution in [2.45, 2.75) is 76.2 Å². The first-order chi connectivity index (χ1) is 9.17. The summed E-state index contributed by atoms with van der Waals surface area (Å²) in [5, 5.41) is 4.41. The average Bonchev–Trinajstić information content (AvgIpc) is 2.99. The van der Waals surface area contributed by atoms with Crippen molar-refractivity contribution < 1.29 is 4.74 Å². The predicted octanol–water partition coefficient (Wildman–Crippen LogP) is 2.18. The summed E-state index contributed by atoms with van der Waals surface area (Å²) in [6.07, 6.45) is 10.9. The van der Waals surface area contributed by atoms with E-state index in [-0.39, 0.29) is 11.6 Å². The lowest BCUT2D eigenvalue weighted by Gasteiger charge is -2.33. The summed E-state index contributed by atoms with van der Waals surface area (Å²) in [6.45, 7) is 2.71. The molecule has 0 radical (unpaired) electrons. The Hall–Kier alpha value is -0.940. The molecule has 2 fully saturated rings. The topological polar surface area (TPSA) is 66.0 Å². The van der Waals surface area contributed by atoms with Gasteiger partial charge in [0.2, 0.25) is 0 Å². The van der Waals surface area contributed by atoms with Crippen LogP contribution < -0.4 is 5.73 Å². The molecule has 2 unspecified atom stereocenters. The monoisotopic (exact) mass is 264 g/mol. The Balaban J connectivity index is 1.58. The first kappa shape index (κ1) is 13.1. The Morgan fingerprint density at radius 2 is 2.21 bits per heavy atom. The highest BCUT2D eigenvalue weighted by Crippen LogP contribution is 2.42. The van der Waals surface area contributed by atoms with Crippen molar-refractivity contribution in [3.63, 3.8) is 0 Å². The predicted molar refractivity (Wildman–Crippen MR) is 72.5 cm³/mol. The molecule has 5 nitrogen and oxygen atoms in total. The molecular formula is C14H24N4O. The van der Waals surface area contributed by atoms with Gasteiger partial charge >= 0.3 is 0 Å². The molecule has 0 bridgehead atoms. The average molecular weight is 264 g/mol. The molecule has 1 saturated carbocycles. The van der Waals surface area contributed by atoms with Gasteiger partial charge in [-0.25, -0.2) is 4.98 Å². The SMILES string of the molecule is CC(N)c1ncn(CC2CCC3(CCCCC3)O2)n1. The van der Waals surface area contributed by atoms with Crippen LogP contribution in [0.15, 0.2) is 6.33 Å². The van der Waals surface area contributed by atoms with Crippen LogP contribution >= 0.6 is 0 Å². The van der Waals surface area contributed by atoms with Gasteiger partial charge in [0.05, 0.1) is 24.3 Å². The van der Waals surface area contributed by atoms with Crippen LogP contribution in [-0.4, -0.2) is 26.5 Å². The molecule has 0 aromatic carbocycles. The highest BCUT2D eigenvalue weighted by molar-refractivity contribution is 4.92. The van der Waals surface area contributed by atoms with Crippen molar-refractivity contribution in [2.75, 3.05) is 0 Å². The van der Waals surface area contributed by atoms with Gasteiger partial charge in [0.25, 0.3) is 0 Å². The number of rotatable bonds is 3.